The fourth-order valence-electron chi connectivity index (χ4n) is 2.86. The second kappa shape index (κ2) is 10.6. The van der Waals surface area contributed by atoms with Gasteiger partial charge in [0.2, 0.25) is 0 Å². The molecule has 0 fully saturated rings. The van der Waals surface area contributed by atoms with Crippen molar-refractivity contribution < 1.29 is 9.18 Å². The van der Waals surface area contributed by atoms with Crippen molar-refractivity contribution in [1.29, 1.82) is 0 Å². The zero-order valence-corrected chi connectivity index (χ0v) is 15.0. The van der Waals surface area contributed by atoms with Gasteiger partial charge in [-0.3, -0.25) is 4.79 Å². The maximum absolute atomic E-state index is 14.0. The highest BCUT2D eigenvalue weighted by Gasteiger charge is 2.04. The van der Waals surface area contributed by atoms with Gasteiger partial charge in [-0.1, -0.05) is 81.5 Å². The fraction of sp³-hybridized carbons (Fsp3) is 0.348. The van der Waals surface area contributed by atoms with E-state index < -0.39 is 0 Å². The molecule has 0 unspecified atom stereocenters. The summed E-state index contributed by atoms with van der Waals surface area (Å²) in [4.78, 5) is 12.1. The van der Waals surface area contributed by atoms with Crippen LogP contribution in [-0.4, -0.2) is 5.78 Å². The number of rotatable bonds is 10. The summed E-state index contributed by atoms with van der Waals surface area (Å²) in [5.74, 6) is -0.192. The van der Waals surface area contributed by atoms with Crippen molar-refractivity contribution in [3.8, 4) is 0 Å². The molecule has 0 aliphatic rings. The van der Waals surface area contributed by atoms with Gasteiger partial charge in [-0.2, -0.15) is 0 Å². The van der Waals surface area contributed by atoms with Crippen LogP contribution in [0.2, 0.25) is 0 Å². The number of aryl methyl sites for hydroxylation is 1. The highest BCUT2D eigenvalue weighted by atomic mass is 19.1. The number of benzene rings is 2. The van der Waals surface area contributed by atoms with Crippen molar-refractivity contribution in [2.75, 3.05) is 0 Å². The van der Waals surface area contributed by atoms with Gasteiger partial charge in [0, 0.05) is 5.56 Å². The van der Waals surface area contributed by atoms with Crippen LogP contribution in [0.15, 0.2) is 54.6 Å². The average Bonchev–Trinajstić information content (AvgIpc) is 2.65. The molecule has 0 amide bonds. The number of carbonyl (C=O) groups excluding carboxylic acids is 1. The number of allylic oxidation sites excluding steroid dienone is 1. The zero-order valence-electron chi connectivity index (χ0n) is 15.0. The van der Waals surface area contributed by atoms with Crippen molar-refractivity contribution in [2.45, 2.75) is 51.9 Å². The van der Waals surface area contributed by atoms with E-state index in [1.807, 2.05) is 24.3 Å². The lowest BCUT2D eigenvalue weighted by Crippen LogP contribution is -1.94. The van der Waals surface area contributed by atoms with Crippen LogP contribution in [0.5, 0.6) is 0 Å². The molecule has 0 aliphatic carbocycles. The van der Waals surface area contributed by atoms with Gasteiger partial charge >= 0.3 is 0 Å². The molecule has 0 saturated heterocycles. The maximum Gasteiger partial charge on any atom is 0.185 e. The molecular weight excluding hydrogens is 311 g/mol. The first-order valence-electron chi connectivity index (χ1n) is 9.26. The number of hydrogen-bond donors (Lipinski definition) is 0. The second-order valence-electron chi connectivity index (χ2n) is 6.43. The molecule has 0 radical (unpaired) electrons. The van der Waals surface area contributed by atoms with Gasteiger partial charge in [-0.25, -0.2) is 4.39 Å². The summed E-state index contributed by atoms with van der Waals surface area (Å²) in [7, 11) is 0. The van der Waals surface area contributed by atoms with Crippen LogP contribution in [0.4, 0.5) is 4.39 Å². The summed E-state index contributed by atoms with van der Waals surface area (Å²) >= 11 is 0. The van der Waals surface area contributed by atoms with Crippen LogP contribution in [0.3, 0.4) is 0 Å². The number of ketones is 1. The molecule has 25 heavy (non-hydrogen) atoms. The first-order valence-corrected chi connectivity index (χ1v) is 9.26. The molecule has 132 valence electrons. The molecular formula is C23H27FO. The Kier molecular flexibility index (Phi) is 8.11. The molecule has 1 nitrogen and oxygen atoms in total. The molecule has 2 heteroatoms. The highest BCUT2D eigenvalue weighted by molar-refractivity contribution is 6.06. The molecule has 0 aliphatic heterocycles. The highest BCUT2D eigenvalue weighted by Crippen LogP contribution is 2.16. The van der Waals surface area contributed by atoms with Crippen LogP contribution >= 0.6 is 0 Å². The van der Waals surface area contributed by atoms with E-state index in [4.69, 9.17) is 0 Å². The Morgan fingerprint density at radius 1 is 0.960 bits per heavy atom. The SMILES string of the molecule is CCCCCCCCc1cc(C=CC(=O)c2ccccc2)ccc1F. The Morgan fingerprint density at radius 2 is 1.68 bits per heavy atom. The fourth-order valence-corrected chi connectivity index (χ4v) is 2.86. The zero-order chi connectivity index (χ0) is 17.9. The third kappa shape index (κ3) is 6.66. The number of hydrogen-bond acceptors (Lipinski definition) is 1. The lowest BCUT2D eigenvalue weighted by molar-refractivity contribution is 0.104. The van der Waals surface area contributed by atoms with Gasteiger partial charge in [0.05, 0.1) is 0 Å². The van der Waals surface area contributed by atoms with E-state index >= 15 is 0 Å². The first kappa shape index (κ1) is 19.1. The topological polar surface area (TPSA) is 17.1 Å². The summed E-state index contributed by atoms with van der Waals surface area (Å²) in [5.41, 5.74) is 2.27. The quantitative estimate of drug-likeness (QED) is 0.270. The number of unbranched alkanes of at least 4 members (excludes halogenated alkanes) is 5. The minimum absolute atomic E-state index is 0.0394. The normalized spacial score (nSPS) is 11.1. The summed E-state index contributed by atoms with van der Waals surface area (Å²) < 4.78 is 14.0. The van der Waals surface area contributed by atoms with E-state index in [2.05, 4.69) is 6.92 Å². The van der Waals surface area contributed by atoms with Crippen molar-refractivity contribution in [3.05, 3.63) is 77.1 Å². The van der Waals surface area contributed by atoms with Gasteiger partial charge in [0.1, 0.15) is 5.82 Å². The predicted octanol–water partition coefficient (Wildman–Crippen LogP) is 6.62. The van der Waals surface area contributed by atoms with E-state index in [1.54, 1.807) is 30.4 Å². The smallest absolute Gasteiger partial charge is 0.185 e. The Morgan fingerprint density at radius 3 is 2.44 bits per heavy atom. The first-order chi connectivity index (χ1) is 12.2. The molecule has 2 rings (SSSR count). The summed E-state index contributed by atoms with van der Waals surface area (Å²) in [6, 6.07) is 14.2. The molecule has 0 N–H and O–H groups in total. The van der Waals surface area contributed by atoms with Gasteiger partial charge < -0.3 is 0 Å². The average molecular weight is 338 g/mol. The Hall–Kier alpha value is -2.22. The van der Waals surface area contributed by atoms with Crippen LogP contribution in [0, 0.1) is 5.82 Å². The minimum Gasteiger partial charge on any atom is -0.289 e. The summed E-state index contributed by atoms with van der Waals surface area (Å²) in [6.07, 6.45) is 11.2. The second-order valence-corrected chi connectivity index (χ2v) is 6.43. The monoisotopic (exact) mass is 338 g/mol. The molecule has 2 aromatic carbocycles. The van der Waals surface area contributed by atoms with Gasteiger partial charge in [-0.15, -0.1) is 0 Å². The summed E-state index contributed by atoms with van der Waals surface area (Å²) in [6.45, 7) is 2.21. The van der Waals surface area contributed by atoms with Crippen LogP contribution < -0.4 is 0 Å². The molecule has 0 aromatic heterocycles. The van der Waals surface area contributed by atoms with E-state index in [0.29, 0.717) is 5.56 Å². The minimum atomic E-state index is -0.153. The van der Waals surface area contributed by atoms with Gasteiger partial charge in [-0.05, 0) is 42.2 Å². The van der Waals surface area contributed by atoms with Crippen LogP contribution in [-0.2, 0) is 6.42 Å². The largest absolute Gasteiger partial charge is 0.289 e. The van der Waals surface area contributed by atoms with Crippen molar-refractivity contribution in [3.63, 3.8) is 0 Å². The Bertz CT molecular complexity index is 688. The third-order valence-corrected chi connectivity index (χ3v) is 4.35. The lowest BCUT2D eigenvalue weighted by Gasteiger charge is -2.05. The van der Waals surface area contributed by atoms with Gasteiger partial charge in [0.25, 0.3) is 0 Å². The van der Waals surface area contributed by atoms with E-state index in [0.717, 1.165) is 30.4 Å². The molecule has 0 heterocycles. The van der Waals surface area contributed by atoms with Crippen LogP contribution in [0.25, 0.3) is 6.08 Å². The molecule has 0 saturated carbocycles. The number of halogens is 1. The Labute approximate surface area is 150 Å². The van der Waals surface area contributed by atoms with Gasteiger partial charge in [0.15, 0.2) is 5.78 Å². The third-order valence-electron chi connectivity index (χ3n) is 4.35. The molecule has 0 bridgehead atoms. The Balaban J connectivity index is 1.91. The maximum atomic E-state index is 14.0. The molecule has 0 spiro atoms. The molecule has 2 aromatic rings. The number of carbonyl (C=O) groups is 1. The summed E-state index contributed by atoms with van der Waals surface area (Å²) in [5, 5.41) is 0. The standard InChI is InChI=1S/C23H27FO/c1-2-3-4-5-6-8-13-21-18-19(14-16-22(21)24)15-17-23(25)20-11-9-7-10-12-20/h7,9-12,14-18H,2-6,8,13H2,1H3. The lowest BCUT2D eigenvalue weighted by atomic mass is 10.0. The van der Waals surface area contributed by atoms with E-state index in [-0.39, 0.29) is 11.6 Å². The van der Waals surface area contributed by atoms with Crippen molar-refractivity contribution in [1.82, 2.24) is 0 Å². The molecule has 0 atom stereocenters. The van der Waals surface area contributed by atoms with Crippen molar-refractivity contribution >= 4 is 11.9 Å². The predicted molar refractivity (Wildman–Crippen MR) is 103 cm³/mol. The van der Waals surface area contributed by atoms with E-state index in [9.17, 15) is 9.18 Å². The van der Waals surface area contributed by atoms with Crippen LogP contribution in [0.1, 0.15) is 66.9 Å². The van der Waals surface area contributed by atoms with Crippen molar-refractivity contribution in [2.24, 2.45) is 0 Å². The van der Waals surface area contributed by atoms with E-state index in [1.165, 1.54) is 31.7 Å².